The van der Waals surface area contributed by atoms with E-state index < -0.39 is 5.97 Å². The van der Waals surface area contributed by atoms with Gasteiger partial charge in [0.2, 0.25) is 0 Å². The molecule has 1 N–H and O–H groups in total. The van der Waals surface area contributed by atoms with E-state index in [4.69, 9.17) is 0 Å². The highest BCUT2D eigenvalue weighted by Crippen LogP contribution is 2.15. The fraction of sp³-hybridized carbons (Fsp3) is 0.125. The van der Waals surface area contributed by atoms with Gasteiger partial charge in [-0.15, -0.1) is 4.48 Å². The summed E-state index contributed by atoms with van der Waals surface area (Å²) in [4.78, 5) is 11.0. The lowest BCUT2D eigenvalue weighted by Crippen LogP contribution is -2.03. The minimum Gasteiger partial charge on any atom is -0.465 e. The number of carbonyl (C=O) groups excluding carboxylic acids is 1. The number of para-hydroxylation sites is 1. The molecule has 0 aliphatic carbocycles. The van der Waals surface area contributed by atoms with E-state index in [1.807, 2.05) is 0 Å². The maximum absolute atomic E-state index is 12.0. The molecule has 0 saturated carbocycles. The molecule has 1 aromatic carbocycles. The Morgan fingerprint density at radius 2 is 2.17 bits per heavy atom. The first-order valence-corrected chi connectivity index (χ1v) is 3.33. The number of carbonyl (C=O) groups is 1. The van der Waals surface area contributed by atoms with Crippen LogP contribution in [0, 0.1) is 0 Å². The van der Waals surface area contributed by atoms with Crippen molar-refractivity contribution in [2.24, 2.45) is 0 Å². The summed E-state index contributed by atoms with van der Waals surface area (Å²) >= 11 is 0. The highest BCUT2D eigenvalue weighted by molar-refractivity contribution is 5.95. The smallest absolute Gasteiger partial charge is 0.340 e. The predicted molar refractivity (Wildman–Crippen MR) is 42.5 cm³/mol. The number of methoxy groups -OCH3 is 1. The van der Waals surface area contributed by atoms with Crippen LogP contribution in [0.15, 0.2) is 24.3 Å². The number of esters is 1. The molecule has 0 fully saturated rings. The van der Waals surface area contributed by atoms with Gasteiger partial charge in [0.05, 0.1) is 18.4 Å². The Labute approximate surface area is 69.1 Å². The molecule has 0 atom stereocenters. The van der Waals surface area contributed by atoms with Crippen molar-refractivity contribution in [1.82, 2.24) is 0 Å². The molecule has 1 rings (SSSR count). The van der Waals surface area contributed by atoms with Gasteiger partial charge in [-0.25, -0.2) is 10.3 Å². The van der Waals surface area contributed by atoms with E-state index in [0.717, 1.165) is 0 Å². The number of benzene rings is 1. The van der Waals surface area contributed by atoms with Gasteiger partial charge < -0.3 is 4.74 Å². The first kappa shape index (κ1) is 8.52. The van der Waals surface area contributed by atoms with E-state index in [-0.39, 0.29) is 11.3 Å². The molecule has 0 aromatic heterocycles. The van der Waals surface area contributed by atoms with Gasteiger partial charge >= 0.3 is 5.97 Å². The third-order valence-corrected chi connectivity index (χ3v) is 1.43. The Bertz CT molecular complexity index is 288. The Hall–Kier alpha value is -1.58. The van der Waals surface area contributed by atoms with Gasteiger partial charge in [-0.1, -0.05) is 12.1 Å². The van der Waals surface area contributed by atoms with Gasteiger partial charge in [0.1, 0.15) is 0 Å². The fourth-order valence-corrected chi connectivity index (χ4v) is 0.853. The summed E-state index contributed by atoms with van der Waals surface area (Å²) in [6, 6.07) is 6.18. The van der Waals surface area contributed by atoms with Crippen molar-refractivity contribution in [3.05, 3.63) is 29.8 Å². The topological polar surface area (TPSA) is 38.3 Å². The third-order valence-electron chi connectivity index (χ3n) is 1.43. The molecule has 1 aromatic rings. The Balaban J connectivity index is 3.04. The van der Waals surface area contributed by atoms with Crippen LogP contribution in [-0.4, -0.2) is 13.1 Å². The molecule has 0 unspecified atom stereocenters. The number of anilines is 1. The summed E-state index contributed by atoms with van der Waals surface area (Å²) in [5, 5.41) is 0. The van der Waals surface area contributed by atoms with Crippen LogP contribution >= 0.6 is 0 Å². The average Bonchev–Trinajstić information content (AvgIpc) is 2.16. The van der Waals surface area contributed by atoms with Crippen LogP contribution in [0.1, 0.15) is 10.4 Å². The SMILES string of the molecule is COC(=O)c1ccccc1NF. The lowest BCUT2D eigenvalue weighted by atomic mass is 10.2. The maximum atomic E-state index is 12.0. The highest BCUT2D eigenvalue weighted by atomic mass is 19.2. The van der Waals surface area contributed by atoms with Crippen LogP contribution in [0.2, 0.25) is 0 Å². The van der Waals surface area contributed by atoms with E-state index in [9.17, 15) is 9.28 Å². The third kappa shape index (κ3) is 1.53. The number of hydrogen-bond acceptors (Lipinski definition) is 3. The second-order valence-electron chi connectivity index (χ2n) is 2.13. The molecular weight excluding hydrogens is 161 g/mol. The average molecular weight is 169 g/mol. The first-order chi connectivity index (χ1) is 5.79. The minimum atomic E-state index is -0.559. The largest absolute Gasteiger partial charge is 0.465 e. The molecule has 0 heterocycles. The fourth-order valence-electron chi connectivity index (χ4n) is 0.853. The van der Waals surface area contributed by atoms with Crippen LogP contribution in [0.3, 0.4) is 0 Å². The normalized spacial score (nSPS) is 9.17. The zero-order chi connectivity index (χ0) is 8.97. The Kier molecular flexibility index (Phi) is 2.63. The zero-order valence-corrected chi connectivity index (χ0v) is 6.50. The molecule has 3 nitrogen and oxygen atoms in total. The monoisotopic (exact) mass is 169 g/mol. The number of hydrogen-bond donors (Lipinski definition) is 1. The van der Waals surface area contributed by atoms with E-state index >= 15 is 0 Å². The summed E-state index contributed by atoms with van der Waals surface area (Å²) in [6.45, 7) is 0. The van der Waals surface area contributed by atoms with E-state index in [2.05, 4.69) is 4.74 Å². The van der Waals surface area contributed by atoms with E-state index in [1.165, 1.54) is 24.8 Å². The molecule has 0 aliphatic rings. The lowest BCUT2D eigenvalue weighted by molar-refractivity contribution is 0.0601. The highest BCUT2D eigenvalue weighted by Gasteiger charge is 2.09. The van der Waals surface area contributed by atoms with Crippen molar-refractivity contribution in [3.8, 4) is 0 Å². The molecule has 0 aliphatic heterocycles. The first-order valence-electron chi connectivity index (χ1n) is 3.33. The molecule has 12 heavy (non-hydrogen) atoms. The minimum absolute atomic E-state index is 0.115. The summed E-state index contributed by atoms with van der Waals surface area (Å²) in [5.74, 6) is -0.559. The number of halogens is 1. The summed E-state index contributed by atoms with van der Waals surface area (Å²) in [5.41, 5.74) is 1.71. The Morgan fingerprint density at radius 1 is 1.50 bits per heavy atom. The van der Waals surface area contributed by atoms with Gasteiger partial charge in [-0.05, 0) is 12.1 Å². The molecule has 4 heteroatoms. The van der Waals surface area contributed by atoms with Gasteiger partial charge in [0.25, 0.3) is 0 Å². The van der Waals surface area contributed by atoms with Crippen molar-refractivity contribution in [3.63, 3.8) is 0 Å². The van der Waals surface area contributed by atoms with Crippen molar-refractivity contribution >= 4 is 11.7 Å². The van der Waals surface area contributed by atoms with Crippen molar-refractivity contribution in [1.29, 1.82) is 0 Å². The molecule has 0 spiro atoms. The van der Waals surface area contributed by atoms with Crippen molar-refractivity contribution in [2.75, 3.05) is 12.6 Å². The van der Waals surface area contributed by atoms with E-state index in [1.54, 1.807) is 12.1 Å². The van der Waals surface area contributed by atoms with Crippen LogP contribution in [0.25, 0.3) is 0 Å². The summed E-state index contributed by atoms with van der Waals surface area (Å²) < 4.78 is 16.5. The van der Waals surface area contributed by atoms with Crippen molar-refractivity contribution < 1.29 is 14.0 Å². The van der Waals surface area contributed by atoms with Gasteiger partial charge in [-0.2, -0.15) is 0 Å². The number of rotatable bonds is 2. The molecule has 0 saturated heterocycles. The molecule has 0 radical (unpaired) electrons. The molecule has 64 valence electrons. The van der Waals surface area contributed by atoms with Crippen LogP contribution in [0.5, 0.6) is 0 Å². The molecular formula is C8H8FNO2. The van der Waals surface area contributed by atoms with Crippen LogP contribution in [0.4, 0.5) is 10.2 Å². The number of ether oxygens (including phenoxy) is 1. The standard InChI is InChI=1S/C8H8FNO2/c1-12-8(11)6-4-2-3-5-7(6)10-9/h2-5,10H,1H3. The number of nitrogens with one attached hydrogen (secondary N) is 1. The maximum Gasteiger partial charge on any atom is 0.340 e. The van der Waals surface area contributed by atoms with Crippen LogP contribution in [-0.2, 0) is 4.74 Å². The predicted octanol–water partition coefficient (Wildman–Crippen LogP) is 1.77. The molecule has 0 bridgehead atoms. The second-order valence-corrected chi connectivity index (χ2v) is 2.13. The second kappa shape index (κ2) is 3.71. The summed E-state index contributed by atoms with van der Waals surface area (Å²) in [6.07, 6.45) is 0. The zero-order valence-electron chi connectivity index (χ0n) is 6.50. The quantitative estimate of drug-likeness (QED) is 0.541. The molecule has 0 amide bonds. The summed E-state index contributed by atoms with van der Waals surface area (Å²) in [7, 11) is 1.25. The van der Waals surface area contributed by atoms with E-state index in [0.29, 0.717) is 0 Å². The van der Waals surface area contributed by atoms with Gasteiger partial charge in [0.15, 0.2) is 0 Å². The van der Waals surface area contributed by atoms with Gasteiger partial charge in [0, 0.05) is 0 Å². The van der Waals surface area contributed by atoms with Crippen molar-refractivity contribution in [2.45, 2.75) is 0 Å². The lowest BCUT2D eigenvalue weighted by Gasteiger charge is -2.03. The Morgan fingerprint density at radius 3 is 2.75 bits per heavy atom. The van der Waals surface area contributed by atoms with Gasteiger partial charge in [-0.3, -0.25) is 0 Å². The van der Waals surface area contributed by atoms with Crippen LogP contribution < -0.4 is 5.54 Å².